The van der Waals surface area contributed by atoms with Gasteiger partial charge in [-0.1, -0.05) is 20.3 Å². The van der Waals surface area contributed by atoms with E-state index in [2.05, 4.69) is 94.9 Å². The molecule has 0 aromatic rings. The third-order valence-electron chi connectivity index (χ3n) is 3.95. The van der Waals surface area contributed by atoms with E-state index >= 15 is 0 Å². The zero-order valence-corrected chi connectivity index (χ0v) is 47.0. The molecule has 0 saturated carbocycles. The van der Waals surface area contributed by atoms with Gasteiger partial charge in [0, 0.05) is 98.3 Å². The largest absolute Gasteiger partial charge is 0.507 e. The maximum Gasteiger partial charge on any atom is 0.507 e. The van der Waals surface area contributed by atoms with Crippen LogP contribution in [0.4, 0.5) is 19.2 Å². The second kappa shape index (κ2) is 103. The third kappa shape index (κ3) is 255. The maximum absolute atomic E-state index is 10.3. The predicted octanol–water partition coefficient (Wildman–Crippen LogP) is 1.46. The summed E-state index contributed by atoms with van der Waals surface area (Å²) in [5.74, 6) is 0.831. The SMILES string of the molecule is CCC.CNC.CNC(=O)CSC.CNC(=O)CSC.CNC(=O)NC.CNC(=O)OC.CNC(=O)OC.CNC(C)=O.CNC(C)=O.COC.COC(=O)OC.COC(C)=O.COC(C)=O. The number of methoxy groups -OCH3 is 7. The minimum Gasteiger partial charge on any atom is -0.469 e. The Hall–Kier alpha value is -5.48. The molecule has 0 spiro atoms. The van der Waals surface area contributed by atoms with Crippen molar-refractivity contribution in [2.45, 2.75) is 48.0 Å². The molecule has 0 aliphatic rings. The molecule has 0 heterocycles. The van der Waals surface area contributed by atoms with Gasteiger partial charge in [0.05, 0.1) is 54.2 Å². The Labute approximate surface area is 410 Å². The van der Waals surface area contributed by atoms with Crippen molar-refractivity contribution < 1.29 is 81.1 Å². The smallest absolute Gasteiger partial charge is 0.469 e. The van der Waals surface area contributed by atoms with Gasteiger partial charge in [-0.25, -0.2) is 19.2 Å². The van der Waals surface area contributed by atoms with E-state index in [9.17, 15) is 47.9 Å². The van der Waals surface area contributed by atoms with Crippen LogP contribution in [-0.4, -0.2) is 211 Å². The van der Waals surface area contributed by atoms with Crippen LogP contribution in [0, 0.1) is 0 Å². The predicted molar refractivity (Wildman–Crippen MR) is 269 cm³/mol. The first-order valence-electron chi connectivity index (χ1n) is 19.0. The number of hydrogen-bond donors (Lipinski definition) is 9. The second-order valence-electron chi connectivity index (χ2n) is 9.80. The molecule has 8 amide bonds. The van der Waals surface area contributed by atoms with Crippen LogP contribution in [0.3, 0.4) is 0 Å². The van der Waals surface area contributed by atoms with Crippen molar-refractivity contribution in [3.8, 4) is 0 Å². The first-order valence-corrected chi connectivity index (χ1v) is 21.8. The molecule has 26 nitrogen and oxygen atoms in total. The van der Waals surface area contributed by atoms with Crippen molar-refractivity contribution in [3.63, 3.8) is 0 Å². The summed E-state index contributed by atoms with van der Waals surface area (Å²) in [4.78, 5) is 98.5. The van der Waals surface area contributed by atoms with Crippen LogP contribution in [-0.2, 0) is 61.9 Å². The Balaban J connectivity index is -0.0000000432. The molecule has 408 valence electrons. The van der Waals surface area contributed by atoms with E-state index in [4.69, 9.17) is 0 Å². The number of ether oxygens (including phenoxy) is 7. The van der Waals surface area contributed by atoms with Crippen LogP contribution in [0.1, 0.15) is 48.0 Å². The molecule has 0 unspecified atom stereocenters. The number of esters is 2. The molecule has 0 fully saturated rings. The van der Waals surface area contributed by atoms with E-state index in [1.807, 2.05) is 26.6 Å². The number of carbonyl (C=O) groups excluding carboxylic acids is 10. The number of carbonyl (C=O) groups is 10. The van der Waals surface area contributed by atoms with Crippen LogP contribution < -0.4 is 47.9 Å². The van der Waals surface area contributed by atoms with Gasteiger partial charge in [-0.15, -0.1) is 0 Å². The van der Waals surface area contributed by atoms with Gasteiger partial charge in [-0.2, -0.15) is 23.5 Å². The Bertz CT molecular complexity index is 921. The quantitative estimate of drug-likeness (QED) is 0.142. The van der Waals surface area contributed by atoms with Crippen molar-refractivity contribution in [2.24, 2.45) is 0 Å². The summed E-state index contributed by atoms with van der Waals surface area (Å²) >= 11 is 3.04. The lowest BCUT2D eigenvalue weighted by Crippen LogP contribution is -2.28. The molecule has 0 saturated heterocycles. The summed E-state index contributed by atoms with van der Waals surface area (Å²) < 4.78 is 28.8. The summed E-state index contributed by atoms with van der Waals surface area (Å²) in [6, 6.07) is -0.157. The Morgan fingerprint density at radius 1 is 0.388 bits per heavy atom. The number of hydrogen-bond acceptors (Lipinski definition) is 20. The third-order valence-corrected chi connectivity index (χ3v) is 5.06. The summed E-state index contributed by atoms with van der Waals surface area (Å²) in [5.41, 5.74) is 0. The molecule has 0 rings (SSSR count). The Morgan fingerprint density at radius 3 is 0.597 bits per heavy atom. The normalized spacial score (nSPS) is 7.07. The van der Waals surface area contributed by atoms with Crippen LogP contribution in [0.15, 0.2) is 0 Å². The first kappa shape index (κ1) is 95.7. The molecule has 0 bridgehead atoms. The van der Waals surface area contributed by atoms with Gasteiger partial charge in [0.2, 0.25) is 23.6 Å². The van der Waals surface area contributed by atoms with Crippen LogP contribution in [0.25, 0.3) is 0 Å². The summed E-state index contributed by atoms with van der Waals surface area (Å²) in [6.07, 6.45) is 3.57. The van der Waals surface area contributed by atoms with Gasteiger partial charge in [0.25, 0.3) is 0 Å². The fourth-order valence-corrected chi connectivity index (χ4v) is 1.63. The highest BCUT2D eigenvalue weighted by Gasteiger charge is 1.91. The van der Waals surface area contributed by atoms with E-state index < -0.39 is 18.3 Å². The average molecular weight is 1020 g/mol. The summed E-state index contributed by atoms with van der Waals surface area (Å²) in [5, 5.41) is 21.8. The number of alkyl carbamates (subject to hydrolysis) is 2. The standard InChI is InChI=1S/2C4H9NOS.C3H8N2O.2C3H7NO2.2C3H7NO.C3H6O3.2C3H6O2.C3H8.C2H7N.C2H6O/c2*1-5-4(6)3-7-2;1-4-3(6)5-2;2*1-4-3(5)6-2;2*1-3(5)4-2;1-5-3(4)6-2;2*1-3(4)5-2;3*1-3-2/h2*3H2,1-2H3,(H,5,6);1-2H3,(H2,4,5,6);2*1-2H3,(H,4,5);2*1-2H3,(H,4,5);1-2H3;2*1-2H3;3H2,1-2H3;3H,1-2H3;1-2H3. The van der Waals surface area contributed by atoms with Crippen molar-refractivity contribution in [1.29, 1.82) is 0 Å². The van der Waals surface area contributed by atoms with Crippen molar-refractivity contribution in [1.82, 2.24) is 47.9 Å². The maximum atomic E-state index is 10.3. The lowest BCUT2D eigenvalue weighted by Gasteiger charge is -1.91. The fraction of sp³-hybridized carbons (Fsp3) is 0.744. The average Bonchev–Trinajstić information content (AvgIpc) is 3.32. The number of thioether (sulfide) groups is 2. The highest BCUT2D eigenvalue weighted by molar-refractivity contribution is 7.99. The number of amides is 8. The Kier molecular flexibility index (Phi) is 148. The van der Waals surface area contributed by atoms with Gasteiger partial charge in [0.1, 0.15) is 0 Å². The van der Waals surface area contributed by atoms with E-state index in [0.29, 0.717) is 11.5 Å². The molecule has 9 N–H and O–H groups in total. The molecular weight excluding hydrogens is 931 g/mol. The van der Waals surface area contributed by atoms with E-state index in [1.165, 1.54) is 114 Å². The lowest BCUT2D eigenvalue weighted by molar-refractivity contribution is -0.138. The molecule has 0 aliphatic heterocycles. The minimum atomic E-state index is -0.657. The topological polar surface area (TPSA) is 344 Å². The fourth-order valence-electron chi connectivity index (χ4n) is 0.819. The van der Waals surface area contributed by atoms with Gasteiger partial charge in [0.15, 0.2) is 0 Å². The molecule has 0 aromatic carbocycles. The molecular formula is C39H93N9O17S2. The zero-order chi connectivity index (χ0) is 56.6. The Morgan fingerprint density at radius 2 is 0.582 bits per heavy atom. The van der Waals surface area contributed by atoms with E-state index in [-0.39, 0.29) is 41.6 Å². The van der Waals surface area contributed by atoms with Gasteiger partial charge in [-0.3, -0.25) is 28.8 Å². The zero-order valence-electron chi connectivity index (χ0n) is 45.4. The van der Waals surface area contributed by atoms with E-state index in [1.54, 1.807) is 56.5 Å². The molecule has 28 heteroatoms. The van der Waals surface area contributed by atoms with Crippen molar-refractivity contribution >= 4 is 83.5 Å². The molecule has 0 aliphatic carbocycles. The van der Waals surface area contributed by atoms with Crippen molar-refractivity contribution in [2.75, 3.05) is 151 Å². The van der Waals surface area contributed by atoms with Crippen LogP contribution in [0.2, 0.25) is 0 Å². The van der Waals surface area contributed by atoms with Gasteiger partial charge in [-0.05, 0) is 26.6 Å². The van der Waals surface area contributed by atoms with Gasteiger partial charge < -0.3 is 81.0 Å². The van der Waals surface area contributed by atoms with Gasteiger partial charge >= 0.3 is 36.3 Å². The van der Waals surface area contributed by atoms with Crippen LogP contribution >= 0.6 is 23.5 Å². The molecule has 0 atom stereocenters. The van der Waals surface area contributed by atoms with Crippen LogP contribution in [0.5, 0.6) is 0 Å². The number of urea groups is 1. The second-order valence-corrected chi connectivity index (χ2v) is 11.5. The van der Waals surface area contributed by atoms with E-state index in [0.717, 1.165) is 0 Å². The summed E-state index contributed by atoms with van der Waals surface area (Å²) in [6.45, 7) is 9.92. The van der Waals surface area contributed by atoms with Crippen molar-refractivity contribution in [3.05, 3.63) is 0 Å². The summed E-state index contributed by atoms with van der Waals surface area (Å²) in [7, 11) is 27.5. The molecule has 0 aromatic heterocycles. The molecule has 67 heavy (non-hydrogen) atoms. The number of nitrogens with one attached hydrogen (secondary N) is 9. The molecule has 0 radical (unpaired) electrons. The highest BCUT2D eigenvalue weighted by Crippen LogP contribution is 1.87. The monoisotopic (exact) mass is 1020 g/mol. The highest BCUT2D eigenvalue weighted by atomic mass is 32.2. The minimum absolute atomic E-state index is 0.00463. The number of rotatable bonds is 4. The first-order chi connectivity index (χ1) is 31.2. The lowest BCUT2D eigenvalue weighted by atomic mass is 10.6.